The topological polar surface area (TPSA) is 81.4 Å². The zero-order valence-electron chi connectivity index (χ0n) is 10.4. The van der Waals surface area contributed by atoms with Gasteiger partial charge in [0.15, 0.2) is 0 Å². The molecule has 0 aliphatic heterocycles. The highest BCUT2D eigenvalue weighted by molar-refractivity contribution is 7.89. The van der Waals surface area contributed by atoms with Gasteiger partial charge in [-0.2, -0.15) is 0 Å². The van der Waals surface area contributed by atoms with Crippen molar-refractivity contribution in [1.29, 1.82) is 0 Å². The molecule has 0 amide bonds. The summed E-state index contributed by atoms with van der Waals surface area (Å²) >= 11 is 0. The van der Waals surface area contributed by atoms with E-state index in [4.69, 9.17) is 10.5 Å². The summed E-state index contributed by atoms with van der Waals surface area (Å²) in [5.74, 6) is 0.470. The molecule has 0 rings (SSSR count). The van der Waals surface area contributed by atoms with Gasteiger partial charge in [0.1, 0.15) is 0 Å². The van der Waals surface area contributed by atoms with Crippen molar-refractivity contribution in [2.45, 2.75) is 33.2 Å². The Kier molecular flexibility index (Phi) is 7.91. The maximum Gasteiger partial charge on any atom is 0.213 e. The van der Waals surface area contributed by atoms with E-state index in [-0.39, 0.29) is 18.4 Å². The lowest BCUT2D eigenvalue weighted by Gasteiger charge is -2.14. The molecule has 0 radical (unpaired) electrons. The third-order valence-corrected chi connectivity index (χ3v) is 3.35. The minimum atomic E-state index is -3.24. The lowest BCUT2D eigenvalue weighted by Crippen LogP contribution is -2.39. The van der Waals surface area contributed by atoms with E-state index >= 15 is 0 Å². The molecule has 6 heteroatoms. The second kappa shape index (κ2) is 8.00. The van der Waals surface area contributed by atoms with Gasteiger partial charge in [-0.05, 0) is 19.3 Å². The normalized spacial score (nSPS) is 14.3. The molecular formula is C10H24N2O3S. The number of hydrogen-bond donors (Lipinski definition) is 2. The molecule has 0 saturated heterocycles. The van der Waals surface area contributed by atoms with Crippen LogP contribution in [0.4, 0.5) is 0 Å². The average Bonchev–Trinajstić information content (AvgIpc) is 2.14. The molecule has 0 saturated carbocycles. The van der Waals surface area contributed by atoms with Gasteiger partial charge in [-0.15, -0.1) is 0 Å². The molecule has 0 aromatic carbocycles. The molecule has 1 unspecified atom stereocenters. The molecular weight excluding hydrogens is 228 g/mol. The second-order valence-corrected chi connectivity index (χ2v) is 6.18. The maximum atomic E-state index is 11.4. The van der Waals surface area contributed by atoms with E-state index in [0.717, 1.165) is 6.42 Å². The smallest absolute Gasteiger partial charge is 0.213 e. The molecule has 0 bridgehead atoms. The molecule has 0 heterocycles. The third kappa shape index (κ3) is 9.08. The van der Waals surface area contributed by atoms with Gasteiger partial charge in [-0.3, -0.25) is 0 Å². The van der Waals surface area contributed by atoms with Crippen LogP contribution in [0.3, 0.4) is 0 Å². The van der Waals surface area contributed by atoms with Crippen molar-refractivity contribution < 1.29 is 13.2 Å². The largest absolute Gasteiger partial charge is 0.381 e. The van der Waals surface area contributed by atoms with Crippen molar-refractivity contribution in [1.82, 2.24) is 4.72 Å². The van der Waals surface area contributed by atoms with Gasteiger partial charge in [0.25, 0.3) is 0 Å². The molecule has 3 N–H and O–H groups in total. The summed E-state index contributed by atoms with van der Waals surface area (Å²) in [5, 5.41) is 0. The summed E-state index contributed by atoms with van der Waals surface area (Å²) in [6, 6.07) is -0.123. The Morgan fingerprint density at radius 1 is 1.38 bits per heavy atom. The highest BCUT2D eigenvalue weighted by Gasteiger charge is 2.12. The number of nitrogens with two attached hydrogens (primary N) is 1. The van der Waals surface area contributed by atoms with Gasteiger partial charge in [-0.25, -0.2) is 13.1 Å². The van der Waals surface area contributed by atoms with Crippen LogP contribution in [0.25, 0.3) is 0 Å². The van der Waals surface area contributed by atoms with Crippen LogP contribution in [0.1, 0.15) is 27.2 Å². The Bertz CT molecular complexity index is 265. The van der Waals surface area contributed by atoms with Crippen LogP contribution in [0.15, 0.2) is 0 Å². The number of sulfonamides is 1. The minimum Gasteiger partial charge on any atom is -0.381 e. The molecule has 5 nitrogen and oxygen atoms in total. The van der Waals surface area contributed by atoms with Gasteiger partial charge >= 0.3 is 0 Å². The van der Waals surface area contributed by atoms with Crippen LogP contribution in [-0.2, 0) is 14.8 Å². The van der Waals surface area contributed by atoms with Crippen LogP contribution < -0.4 is 10.5 Å². The fraction of sp³-hybridized carbons (Fsp3) is 1.00. The summed E-state index contributed by atoms with van der Waals surface area (Å²) < 4.78 is 30.4. The number of rotatable bonds is 9. The first-order valence-electron chi connectivity index (χ1n) is 5.68. The van der Waals surface area contributed by atoms with E-state index in [9.17, 15) is 8.42 Å². The lowest BCUT2D eigenvalue weighted by atomic mass is 10.1. The zero-order chi connectivity index (χ0) is 12.6. The highest BCUT2D eigenvalue weighted by atomic mass is 32.2. The van der Waals surface area contributed by atoms with Crippen LogP contribution in [0, 0.1) is 5.92 Å². The van der Waals surface area contributed by atoms with E-state index < -0.39 is 10.0 Å². The molecule has 0 fully saturated rings. The predicted octanol–water partition coefficient (Wildman–Crippen LogP) is 0.316. The van der Waals surface area contributed by atoms with Crippen molar-refractivity contribution in [3.05, 3.63) is 0 Å². The molecule has 0 aromatic rings. The molecule has 0 spiro atoms. The number of hydrogen-bond acceptors (Lipinski definition) is 4. The van der Waals surface area contributed by atoms with Crippen LogP contribution in [-0.4, -0.2) is 40.0 Å². The van der Waals surface area contributed by atoms with Crippen molar-refractivity contribution in [2.24, 2.45) is 11.7 Å². The molecule has 0 aliphatic rings. The van der Waals surface area contributed by atoms with E-state index in [1.807, 2.05) is 6.92 Å². The Labute approximate surface area is 98.8 Å². The first-order valence-corrected chi connectivity index (χ1v) is 7.33. The monoisotopic (exact) mass is 252 g/mol. The Balaban J connectivity index is 3.81. The van der Waals surface area contributed by atoms with Gasteiger partial charge < -0.3 is 10.5 Å². The van der Waals surface area contributed by atoms with Crippen molar-refractivity contribution in [3.63, 3.8) is 0 Å². The standard InChI is InChI=1S/C10H24N2O3S/c1-4-15-5-6-16(13,14)12-8-10(11)7-9(2)3/h9-10,12H,4-8,11H2,1-3H3. The summed E-state index contributed by atoms with van der Waals surface area (Å²) in [5.41, 5.74) is 5.78. The van der Waals surface area contributed by atoms with Crippen molar-refractivity contribution in [3.8, 4) is 0 Å². The predicted molar refractivity (Wildman–Crippen MR) is 65.7 cm³/mol. The fourth-order valence-corrected chi connectivity index (χ4v) is 2.26. The molecule has 1 atom stereocenters. The van der Waals surface area contributed by atoms with E-state index in [1.54, 1.807) is 0 Å². The first kappa shape index (κ1) is 15.8. The van der Waals surface area contributed by atoms with Gasteiger partial charge in [-0.1, -0.05) is 13.8 Å². The minimum absolute atomic E-state index is 0.00472. The lowest BCUT2D eigenvalue weighted by molar-refractivity contribution is 0.163. The quantitative estimate of drug-likeness (QED) is 0.579. The van der Waals surface area contributed by atoms with E-state index in [1.165, 1.54) is 0 Å². The Morgan fingerprint density at radius 3 is 2.50 bits per heavy atom. The van der Waals surface area contributed by atoms with Gasteiger partial charge in [0, 0.05) is 19.2 Å². The Morgan fingerprint density at radius 2 is 2.00 bits per heavy atom. The summed E-state index contributed by atoms with van der Waals surface area (Å²) in [6.07, 6.45) is 0.813. The van der Waals surface area contributed by atoms with E-state index in [0.29, 0.717) is 19.1 Å². The fourth-order valence-electron chi connectivity index (χ4n) is 1.31. The van der Waals surface area contributed by atoms with E-state index in [2.05, 4.69) is 18.6 Å². The maximum absolute atomic E-state index is 11.4. The van der Waals surface area contributed by atoms with Crippen molar-refractivity contribution in [2.75, 3.05) is 25.5 Å². The number of ether oxygens (including phenoxy) is 1. The molecule has 16 heavy (non-hydrogen) atoms. The van der Waals surface area contributed by atoms with Crippen LogP contribution in [0.2, 0.25) is 0 Å². The second-order valence-electron chi connectivity index (χ2n) is 4.25. The summed E-state index contributed by atoms with van der Waals surface area (Å²) in [6.45, 7) is 7.01. The zero-order valence-corrected chi connectivity index (χ0v) is 11.2. The highest BCUT2D eigenvalue weighted by Crippen LogP contribution is 2.01. The third-order valence-electron chi connectivity index (χ3n) is 2.04. The average molecular weight is 252 g/mol. The Hall–Kier alpha value is -0.170. The molecule has 0 aromatic heterocycles. The summed E-state index contributed by atoms with van der Waals surface area (Å²) in [7, 11) is -3.24. The number of nitrogens with one attached hydrogen (secondary N) is 1. The summed E-state index contributed by atoms with van der Waals surface area (Å²) in [4.78, 5) is 0. The van der Waals surface area contributed by atoms with Crippen LogP contribution >= 0.6 is 0 Å². The first-order chi connectivity index (χ1) is 7.37. The van der Waals surface area contributed by atoms with Crippen LogP contribution in [0.5, 0.6) is 0 Å². The SMILES string of the molecule is CCOCCS(=O)(=O)NCC(N)CC(C)C. The molecule has 0 aliphatic carbocycles. The van der Waals surface area contributed by atoms with Gasteiger partial charge in [0.05, 0.1) is 12.4 Å². The van der Waals surface area contributed by atoms with Gasteiger partial charge in [0.2, 0.25) is 10.0 Å². The van der Waals surface area contributed by atoms with Crippen molar-refractivity contribution >= 4 is 10.0 Å². The molecule has 98 valence electrons.